The van der Waals surface area contributed by atoms with E-state index in [0.29, 0.717) is 22.1 Å². The molecule has 4 aromatic rings. The van der Waals surface area contributed by atoms with Crippen LogP contribution in [-0.2, 0) is 0 Å². The molecule has 0 aliphatic carbocycles. The Hall–Kier alpha value is -4.17. The first-order chi connectivity index (χ1) is 15.4. The fourth-order valence-corrected chi connectivity index (χ4v) is 3.11. The van der Waals surface area contributed by atoms with Gasteiger partial charge in [0, 0.05) is 10.7 Å². The Morgan fingerprint density at radius 3 is 2.53 bits per heavy atom. The number of halogens is 2. The second-order valence-corrected chi connectivity index (χ2v) is 7.08. The van der Waals surface area contributed by atoms with Crippen molar-refractivity contribution in [3.05, 3.63) is 106 Å². The number of aromatic nitrogens is 2. The van der Waals surface area contributed by atoms with Gasteiger partial charge in [0.05, 0.1) is 17.4 Å². The third-order valence-corrected chi connectivity index (χ3v) is 4.65. The van der Waals surface area contributed by atoms with Crippen molar-refractivity contribution in [3.8, 4) is 17.2 Å². The van der Waals surface area contributed by atoms with Crippen LogP contribution in [0.2, 0.25) is 5.02 Å². The number of hydrogen-bond donors (Lipinski definition) is 2. The Bertz CT molecular complexity index is 1360. The molecule has 4 rings (SSSR count). The van der Waals surface area contributed by atoms with E-state index >= 15 is 0 Å². The third-order valence-electron chi connectivity index (χ3n) is 4.42. The van der Waals surface area contributed by atoms with Gasteiger partial charge in [0.2, 0.25) is 0 Å². The number of carboxylic acid groups (broad SMARTS) is 1. The molecule has 0 radical (unpaired) electrons. The number of carboxylic acids is 1. The van der Waals surface area contributed by atoms with Gasteiger partial charge in [-0.3, -0.25) is 4.79 Å². The van der Waals surface area contributed by atoms with Gasteiger partial charge in [-0.15, -0.1) is 0 Å². The molecule has 1 heterocycles. The molecule has 0 fully saturated rings. The highest BCUT2D eigenvalue weighted by molar-refractivity contribution is 6.30. The molecule has 2 N–H and O–H groups in total. The molecule has 0 aliphatic rings. The van der Waals surface area contributed by atoms with Crippen molar-refractivity contribution in [1.82, 2.24) is 9.78 Å². The maximum Gasteiger partial charge on any atom is 0.335 e. The number of nitrogens with one attached hydrogen (secondary N) is 1. The lowest BCUT2D eigenvalue weighted by Crippen LogP contribution is -2.24. The monoisotopic (exact) mass is 451 g/mol. The van der Waals surface area contributed by atoms with E-state index in [9.17, 15) is 19.1 Å². The Morgan fingerprint density at radius 1 is 1.06 bits per heavy atom. The summed E-state index contributed by atoms with van der Waals surface area (Å²) in [5.74, 6) is -1.09. The molecular weight excluding hydrogens is 437 g/mol. The summed E-state index contributed by atoms with van der Waals surface area (Å²) in [5, 5.41) is 16.8. The Kier molecular flexibility index (Phi) is 5.87. The highest BCUT2D eigenvalue weighted by Crippen LogP contribution is 2.30. The average molecular weight is 452 g/mol. The van der Waals surface area contributed by atoms with Gasteiger partial charge in [-0.1, -0.05) is 23.7 Å². The number of nitrogens with zero attached hydrogens (tertiary/aromatic N) is 2. The molecule has 1 aromatic heterocycles. The number of rotatable bonds is 6. The molecule has 0 saturated carbocycles. The van der Waals surface area contributed by atoms with Gasteiger partial charge in [0.25, 0.3) is 5.56 Å². The molecule has 0 atom stereocenters. The summed E-state index contributed by atoms with van der Waals surface area (Å²) < 4.78 is 20.2. The normalized spacial score (nSPS) is 10.6. The summed E-state index contributed by atoms with van der Waals surface area (Å²) in [6, 6.07) is 17.8. The van der Waals surface area contributed by atoms with Gasteiger partial charge in [0.15, 0.2) is 11.4 Å². The second kappa shape index (κ2) is 8.91. The molecule has 0 saturated heterocycles. The van der Waals surface area contributed by atoms with Crippen molar-refractivity contribution in [2.24, 2.45) is 0 Å². The maximum absolute atomic E-state index is 13.3. The van der Waals surface area contributed by atoms with Crippen LogP contribution in [0.4, 0.5) is 15.8 Å². The third kappa shape index (κ3) is 4.60. The number of hydrogen-bond acceptors (Lipinski definition) is 5. The second-order valence-electron chi connectivity index (χ2n) is 6.65. The maximum atomic E-state index is 13.3. The number of benzene rings is 3. The molecule has 32 heavy (non-hydrogen) atoms. The van der Waals surface area contributed by atoms with Crippen LogP contribution >= 0.6 is 11.6 Å². The predicted octanol–water partition coefficient (Wildman–Crippen LogP) is 5.26. The van der Waals surface area contributed by atoms with Crippen molar-refractivity contribution in [1.29, 1.82) is 0 Å². The predicted molar refractivity (Wildman–Crippen MR) is 118 cm³/mol. The minimum Gasteiger partial charge on any atom is -0.478 e. The topological polar surface area (TPSA) is 93.4 Å². The molecule has 160 valence electrons. The zero-order chi connectivity index (χ0) is 22.7. The number of anilines is 2. The Labute approximate surface area is 186 Å². The van der Waals surface area contributed by atoms with Gasteiger partial charge < -0.3 is 15.2 Å². The quantitative estimate of drug-likeness (QED) is 0.415. The van der Waals surface area contributed by atoms with E-state index in [1.807, 2.05) is 0 Å². The van der Waals surface area contributed by atoms with E-state index < -0.39 is 17.3 Å². The van der Waals surface area contributed by atoms with Gasteiger partial charge >= 0.3 is 5.97 Å². The Balaban J connectivity index is 1.81. The van der Waals surface area contributed by atoms with Crippen LogP contribution in [0.25, 0.3) is 5.69 Å². The molecular formula is C23H15ClFN3O4. The van der Waals surface area contributed by atoms with E-state index in [1.54, 1.807) is 36.4 Å². The van der Waals surface area contributed by atoms with E-state index in [-0.39, 0.29) is 17.0 Å². The standard InChI is InChI=1S/C23H15ClFN3O4/c24-15-4-2-6-19(12-15)32-20-13-26-28(18-9-7-16(25)8-10-18)22(29)21(20)27-17-5-1-3-14(11-17)23(30)31/h1-13,27H,(H,30,31). The molecule has 7 nitrogen and oxygen atoms in total. The minimum absolute atomic E-state index is 0.00633. The fraction of sp³-hybridized carbons (Fsp3) is 0. The summed E-state index contributed by atoms with van der Waals surface area (Å²) in [5.41, 5.74) is 0.159. The summed E-state index contributed by atoms with van der Waals surface area (Å²) in [7, 11) is 0. The molecule has 3 aromatic carbocycles. The Morgan fingerprint density at radius 2 is 1.81 bits per heavy atom. The van der Waals surface area contributed by atoms with Crippen LogP contribution in [0.15, 0.2) is 83.8 Å². The fourth-order valence-electron chi connectivity index (χ4n) is 2.93. The smallest absolute Gasteiger partial charge is 0.335 e. The molecule has 0 amide bonds. The molecule has 0 spiro atoms. The van der Waals surface area contributed by atoms with Gasteiger partial charge in [-0.05, 0) is 60.7 Å². The van der Waals surface area contributed by atoms with Crippen molar-refractivity contribution in [2.45, 2.75) is 0 Å². The van der Waals surface area contributed by atoms with Crippen LogP contribution in [0, 0.1) is 5.82 Å². The largest absolute Gasteiger partial charge is 0.478 e. The first-order valence-corrected chi connectivity index (χ1v) is 9.70. The van der Waals surface area contributed by atoms with Crippen molar-refractivity contribution in [2.75, 3.05) is 5.32 Å². The molecule has 9 heteroatoms. The van der Waals surface area contributed by atoms with E-state index in [2.05, 4.69) is 10.4 Å². The number of carbonyl (C=O) groups is 1. The SMILES string of the molecule is O=C(O)c1cccc(Nc2c(Oc3cccc(Cl)c3)cnn(-c3ccc(F)cc3)c2=O)c1. The highest BCUT2D eigenvalue weighted by Gasteiger charge is 2.16. The van der Waals surface area contributed by atoms with Gasteiger partial charge in [-0.2, -0.15) is 9.78 Å². The average Bonchev–Trinajstić information content (AvgIpc) is 2.77. The zero-order valence-corrected chi connectivity index (χ0v) is 17.1. The minimum atomic E-state index is -1.11. The summed E-state index contributed by atoms with van der Waals surface area (Å²) >= 11 is 6.01. The number of aromatic carboxylic acids is 1. The highest BCUT2D eigenvalue weighted by atomic mass is 35.5. The molecule has 0 aliphatic heterocycles. The van der Waals surface area contributed by atoms with Gasteiger partial charge in [0.1, 0.15) is 11.6 Å². The number of ether oxygens (including phenoxy) is 1. The van der Waals surface area contributed by atoms with Crippen molar-refractivity contribution in [3.63, 3.8) is 0 Å². The van der Waals surface area contributed by atoms with Crippen LogP contribution in [0.3, 0.4) is 0 Å². The lowest BCUT2D eigenvalue weighted by Gasteiger charge is -2.15. The summed E-state index contributed by atoms with van der Waals surface area (Å²) in [4.78, 5) is 24.6. The lowest BCUT2D eigenvalue weighted by molar-refractivity contribution is 0.0697. The van der Waals surface area contributed by atoms with Crippen LogP contribution in [0.5, 0.6) is 11.5 Å². The van der Waals surface area contributed by atoms with Crippen LogP contribution in [0.1, 0.15) is 10.4 Å². The first kappa shape index (κ1) is 21.1. The van der Waals surface area contributed by atoms with E-state index in [1.165, 1.54) is 42.6 Å². The zero-order valence-electron chi connectivity index (χ0n) is 16.3. The van der Waals surface area contributed by atoms with E-state index in [0.717, 1.165) is 4.68 Å². The summed E-state index contributed by atoms with van der Waals surface area (Å²) in [6.07, 6.45) is 1.33. The first-order valence-electron chi connectivity index (χ1n) is 9.33. The van der Waals surface area contributed by atoms with Crippen molar-refractivity contribution >= 4 is 28.9 Å². The molecule has 0 bridgehead atoms. The van der Waals surface area contributed by atoms with Crippen LogP contribution < -0.4 is 15.6 Å². The lowest BCUT2D eigenvalue weighted by atomic mass is 10.2. The van der Waals surface area contributed by atoms with E-state index in [4.69, 9.17) is 16.3 Å². The summed E-state index contributed by atoms with van der Waals surface area (Å²) in [6.45, 7) is 0. The van der Waals surface area contributed by atoms with Crippen LogP contribution in [-0.4, -0.2) is 20.9 Å². The molecule has 0 unspecified atom stereocenters. The van der Waals surface area contributed by atoms with Gasteiger partial charge in [-0.25, -0.2) is 9.18 Å². The van der Waals surface area contributed by atoms with Crippen molar-refractivity contribution < 1.29 is 19.0 Å².